The molecule has 0 saturated heterocycles. The largest absolute Gasteiger partial charge is 0.370 e. The Morgan fingerprint density at radius 1 is 1.85 bits per heavy atom. The van der Waals surface area contributed by atoms with Crippen LogP contribution in [0.25, 0.3) is 0 Å². The molecule has 0 heterocycles. The Labute approximate surface area is 85.4 Å². The minimum Gasteiger partial charge on any atom is -0.370 e. The fourth-order valence-electron chi connectivity index (χ4n) is 1.85. The van der Waals surface area contributed by atoms with Crippen molar-refractivity contribution in [3.63, 3.8) is 0 Å². The van der Waals surface area contributed by atoms with Crippen molar-refractivity contribution in [2.75, 3.05) is 5.75 Å². The maximum absolute atomic E-state index is 7.14. The lowest BCUT2D eigenvalue weighted by atomic mass is 9.90. The number of rotatable bonds is 4. The van der Waals surface area contributed by atoms with Crippen molar-refractivity contribution in [1.82, 2.24) is 5.32 Å². The van der Waals surface area contributed by atoms with E-state index in [-0.39, 0.29) is 5.96 Å². The monoisotopic (exact) mass is 201 g/mol. The number of hydrogen-bond donors (Lipinski definition) is 4. The van der Waals surface area contributed by atoms with Crippen LogP contribution in [0.2, 0.25) is 0 Å². The zero-order chi connectivity index (χ0) is 10.1. The van der Waals surface area contributed by atoms with Crippen LogP contribution < -0.4 is 11.1 Å². The van der Waals surface area contributed by atoms with Crippen LogP contribution in [0.1, 0.15) is 26.7 Å². The average Bonchev–Trinajstić information content (AvgIpc) is 2.62. The number of nitrogens with one attached hydrogen (secondary N) is 2. The summed E-state index contributed by atoms with van der Waals surface area (Å²) in [6.45, 7) is 4.50. The molecule has 1 saturated carbocycles. The van der Waals surface area contributed by atoms with Gasteiger partial charge in [-0.15, -0.1) is 0 Å². The lowest BCUT2D eigenvalue weighted by molar-refractivity contribution is 0.339. The van der Waals surface area contributed by atoms with E-state index in [1.807, 2.05) is 0 Å². The third-order valence-electron chi connectivity index (χ3n) is 3.30. The molecule has 0 radical (unpaired) electrons. The van der Waals surface area contributed by atoms with Crippen molar-refractivity contribution in [1.29, 1.82) is 5.41 Å². The van der Waals surface area contributed by atoms with Crippen LogP contribution in [-0.4, -0.2) is 17.8 Å². The molecule has 0 aromatic carbocycles. The van der Waals surface area contributed by atoms with Gasteiger partial charge in [-0.1, -0.05) is 13.8 Å². The van der Waals surface area contributed by atoms with Crippen LogP contribution >= 0.6 is 12.6 Å². The molecular weight excluding hydrogens is 182 g/mol. The fraction of sp³-hybridized carbons (Fsp3) is 0.889. The summed E-state index contributed by atoms with van der Waals surface area (Å²) in [5, 5.41) is 10.1. The summed E-state index contributed by atoms with van der Waals surface area (Å²) in [4.78, 5) is 0. The van der Waals surface area contributed by atoms with Gasteiger partial charge >= 0.3 is 0 Å². The fourth-order valence-corrected chi connectivity index (χ4v) is 2.24. The topological polar surface area (TPSA) is 61.9 Å². The first-order chi connectivity index (χ1) is 6.00. The quantitative estimate of drug-likeness (QED) is 0.314. The van der Waals surface area contributed by atoms with Gasteiger partial charge in [-0.3, -0.25) is 5.41 Å². The van der Waals surface area contributed by atoms with Gasteiger partial charge in [0.15, 0.2) is 5.96 Å². The Morgan fingerprint density at radius 2 is 2.46 bits per heavy atom. The molecule has 2 unspecified atom stereocenters. The van der Waals surface area contributed by atoms with E-state index in [1.165, 1.54) is 0 Å². The van der Waals surface area contributed by atoms with Crippen molar-refractivity contribution in [3.05, 3.63) is 0 Å². The van der Waals surface area contributed by atoms with Gasteiger partial charge < -0.3 is 11.1 Å². The Bertz CT molecular complexity index is 207. The third-order valence-corrected chi connectivity index (χ3v) is 3.56. The first-order valence-electron chi connectivity index (χ1n) is 4.72. The van der Waals surface area contributed by atoms with Gasteiger partial charge in [-0.25, -0.2) is 0 Å². The Kier molecular flexibility index (Phi) is 3.11. The highest BCUT2D eigenvalue weighted by Crippen LogP contribution is 2.52. The molecule has 0 aromatic heterocycles. The Balaban J connectivity index is 2.39. The molecule has 0 spiro atoms. The molecule has 3 nitrogen and oxygen atoms in total. The minimum absolute atomic E-state index is 0.0896. The van der Waals surface area contributed by atoms with Crippen molar-refractivity contribution < 1.29 is 0 Å². The predicted octanol–water partition coefficient (Wildman–Crippen LogP) is 1.20. The van der Waals surface area contributed by atoms with Crippen LogP contribution in [0.15, 0.2) is 0 Å². The van der Waals surface area contributed by atoms with Gasteiger partial charge in [-0.2, -0.15) is 12.6 Å². The third kappa shape index (κ3) is 2.30. The van der Waals surface area contributed by atoms with E-state index in [0.29, 0.717) is 17.4 Å². The van der Waals surface area contributed by atoms with E-state index in [2.05, 4.69) is 31.8 Å². The molecule has 3 atom stereocenters. The van der Waals surface area contributed by atoms with Crippen molar-refractivity contribution in [2.45, 2.75) is 32.7 Å². The second kappa shape index (κ2) is 3.78. The minimum atomic E-state index is 0.0896. The first kappa shape index (κ1) is 10.7. The van der Waals surface area contributed by atoms with Gasteiger partial charge in [0.1, 0.15) is 0 Å². The molecule has 1 aliphatic carbocycles. The highest BCUT2D eigenvalue weighted by atomic mass is 32.1. The van der Waals surface area contributed by atoms with E-state index in [0.717, 1.165) is 18.6 Å². The molecule has 0 aliphatic heterocycles. The van der Waals surface area contributed by atoms with E-state index in [4.69, 9.17) is 11.1 Å². The molecule has 0 amide bonds. The highest BCUT2D eigenvalue weighted by molar-refractivity contribution is 7.80. The zero-order valence-corrected chi connectivity index (χ0v) is 9.20. The summed E-state index contributed by atoms with van der Waals surface area (Å²) in [5.74, 6) is 1.68. The maximum atomic E-state index is 7.14. The summed E-state index contributed by atoms with van der Waals surface area (Å²) >= 11 is 4.23. The van der Waals surface area contributed by atoms with Gasteiger partial charge in [0, 0.05) is 6.04 Å². The molecule has 4 heteroatoms. The van der Waals surface area contributed by atoms with Gasteiger partial charge in [0.25, 0.3) is 0 Å². The van der Waals surface area contributed by atoms with Crippen LogP contribution in [0.5, 0.6) is 0 Å². The lowest BCUT2D eigenvalue weighted by Gasteiger charge is -2.19. The molecule has 1 fully saturated rings. The second-order valence-corrected chi connectivity index (χ2v) is 4.68. The number of guanidine groups is 1. The lowest BCUT2D eigenvalue weighted by Crippen LogP contribution is -2.35. The zero-order valence-electron chi connectivity index (χ0n) is 8.30. The van der Waals surface area contributed by atoms with Crippen LogP contribution in [0, 0.1) is 16.7 Å². The number of nitrogens with two attached hydrogens (primary N) is 1. The van der Waals surface area contributed by atoms with Crippen LogP contribution in [0.4, 0.5) is 0 Å². The van der Waals surface area contributed by atoms with Gasteiger partial charge in [0.05, 0.1) is 0 Å². The normalized spacial score (nSPS) is 33.9. The van der Waals surface area contributed by atoms with E-state index >= 15 is 0 Å². The summed E-state index contributed by atoms with van der Waals surface area (Å²) in [6, 6.07) is 0.403. The smallest absolute Gasteiger partial charge is 0.185 e. The summed E-state index contributed by atoms with van der Waals surface area (Å²) < 4.78 is 0. The Morgan fingerprint density at radius 3 is 2.92 bits per heavy atom. The molecule has 4 N–H and O–H groups in total. The van der Waals surface area contributed by atoms with Crippen molar-refractivity contribution >= 4 is 18.6 Å². The first-order valence-corrected chi connectivity index (χ1v) is 5.35. The van der Waals surface area contributed by atoms with Crippen molar-refractivity contribution in [3.8, 4) is 0 Å². The number of hydrogen-bond acceptors (Lipinski definition) is 2. The van der Waals surface area contributed by atoms with Gasteiger partial charge in [0.2, 0.25) is 0 Å². The summed E-state index contributed by atoms with van der Waals surface area (Å²) in [5.41, 5.74) is 5.61. The Hall–Kier alpha value is -0.380. The standard InChI is InChI=1S/C9H19N3S/c1-6(3-4-13)9(2)5-7(9)12-8(10)11/h6-7,13H,3-5H2,1-2H3,(H4,10,11,12)/t6?,7?,9-/m1/s1. The molecule has 0 bridgehead atoms. The van der Waals surface area contributed by atoms with Crippen LogP contribution in [-0.2, 0) is 0 Å². The highest BCUT2D eigenvalue weighted by Gasteiger charge is 2.53. The molecule has 1 rings (SSSR count). The average molecular weight is 201 g/mol. The molecule has 13 heavy (non-hydrogen) atoms. The van der Waals surface area contributed by atoms with Gasteiger partial charge in [-0.05, 0) is 29.9 Å². The van der Waals surface area contributed by atoms with Crippen molar-refractivity contribution in [2.24, 2.45) is 17.1 Å². The van der Waals surface area contributed by atoms with E-state index < -0.39 is 0 Å². The maximum Gasteiger partial charge on any atom is 0.185 e. The summed E-state index contributed by atoms with van der Waals surface area (Å²) in [6.07, 6.45) is 2.26. The molecular formula is C9H19N3S. The summed E-state index contributed by atoms with van der Waals surface area (Å²) in [7, 11) is 0. The molecule has 0 aromatic rings. The van der Waals surface area contributed by atoms with Crippen LogP contribution in [0.3, 0.4) is 0 Å². The number of thiol groups is 1. The molecule has 1 aliphatic rings. The molecule has 76 valence electrons. The SMILES string of the molecule is CC(CCS)[C@@]1(C)CC1NC(=N)N. The second-order valence-electron chi connectivity index (χ2n) is 4.23. The van der Waals surface area contributed by atoms with E-state index in [9.17, 15) is 0 Å². The predicted molar refractivity (Wildman–Crippen MR) is 59.2 cm³/mol. The van der Waals surface area contributed by atoms with E-state index in [1.54, 1.807) is 0 Å².